The average Bonchev–Trinajstić information content (AvgIpc) is 2.96. The SMILES string of the molecule is O=C(/C=C/c1ccc(F)cc1)N1C(=O)OCC1c1ccccc1. The highest BCUT2D eigenvalue weighted by Gasteiger charge is 2.37. The van der Waals surface area contributed by atoms with Crippen LogP contribution in [0.15, 0.2) is 60.7 Å². The van der Waals surface area contributed by atoms with Crippen molar-refractivity contribution in [3.8, 4) is 0 Å². The predicted octanol–water partition coefficient (Wildman–Crippen LogP) is 3.56. The molecule has 5 heteroatoms. The number of halogens is 1. The zero-order valence-corrected chi connectivity index (χ0v) is 12.2. The molecule has 0 aromatic heterocycles. The molecular weight excluding hydrogens is 297 g/mol. The Kier molecular flexibility index (Phi) is 4.19. The number of amides is 2. The fourth-order valence-electron chi connectivity index (χ4n) is 2.41. The van der Waals surface area contributed by atoms with Crippen LogP contribution in [0.1, 0.15) is 17.2 Å². The van der Waals surface area contributed by atoms with Crippen LogP contribution in [0.2, 0.25) is 0 Å². The summed E-state index contributed by atoms with van der Waals surface area (Å²) in [7, 11) is 0. The van der Waals surface area contributed by atoms with Crippen LogP contribution in [0.3, 0.4) is 0 Å². The maximum Gasteiger partial charge on any atom is 0.417 e. The number of rotatable bonds is 3. The molecule has 1 fully saturated rings. The Bertz CT molecular complexity index is 741. The fraction of sp³-hybridized carbons (Fsp3) is 0.111. The second kappa shape index (κ2) is 6.44. The molecular formula is C18H14FNO3. The van der Waals surface area contributed by atoms with E-state index in [-0.39, 0.29) is 12.4 Å². The Morgan fingerprint density at radius 1 is 1.13 bits per heavy atom. The number of cyclic esters (lactones) is 1. The van der Waals surface area contributed by atoms with E-state index in [1.165, 1.54) is 24.3 Å². The smallest absolute Gasteiger partial charge is 0.417 e. The fourth-order valence-corrected chi connectivity index (χ4v) is 2.41. The van der Waals surface area contributed by atoms with Gasteiger partial charge in [-0.15, -0.1) is 0 Å². The lowest BCUT2D eigenvalue weighted by atomic mass is 10.1. The normalized spacial score (nSPS) is 17.5. The average molecular weight is 311 g/mol. The summed E-state index contributed by atoms with van der Waals surface area (Å²) in [6.07, 6.45) is 2.16. The van der Waals surface area contributed by atoms with E-state index in [0.29, 0.717) is 5.56 Å². The number of carbonyl (C=O) groups excluding carboxylic acids is 2. The van der Waals surface area contributed by atoms with Gasteiger partial charge in [-0.25, -0.2) is 14.1 Å². The second-order valence-electron chi connectivity index (χ2n) is 5.10. The summed E-state index contributed by atoms with van der Waals surface area (Å²) >= 11 is 0. The van der Waals surface area contributed by atoms with Crippen molar-refractivity contribution in [2.24, 2.45) is 0 Å². The van der Waals surface area contributed by atoms with Crippen molar-refractivity contribution in [2.45, 2.75) is 6.04 Å². The molecule has 116 valence electrons. The summed E-state index contributed by atoms with van der Waals surface area (Å²) in [5.74, 6) is -0.814. The van der Waals surface area contributed by atoms with Crippen molar-refractivity contribution < 1.29 is 18.7 Å². The number of benzene rings is 2. The first kappa shape index (κ1) is 15.0. The number of carbonyl (C=O) groups is 2. The Morgan fingerprint density at radius 3 is 2.52 bits per heavy atom. The molecule has 0 bridgehead atoms. The molecule has 2 aromatic rings. The lowest BCUT2D eigenvalue weighted by Gasteiger charge is -2.18. The molecule has 4 nitrogen and oxygen atoms in total. The molecule has 2 aromatic carbocycles. The van der Waals surface area contributed by atoms with Gasteiger partial charge >= 0.3 is 6.09 Å². The lowest BCUT2D eigenvalue weighted by molar-refractivity contribution is -0.124. The maximum absolute atomic E-state index is 12.9. The molecule has 1 aliphatic heterocycles. The topological polar surface area (TPSA) is 46.6 Å². The van der Waals surface area contributed by atoms with Crippen LogP contribution in [0, 0.1) is 5.82 Å². The Hall–Kier alpha value is -2.95. The Morgan fingerprint density at radius 2 is 1.83 bits per heavy atom. The lowest BCUT2D eigenvalue weighted by Crippen LogP contribution is -2.32. The van der Waals surface area contributed by atoms with Crippen molar-refractivity contribution in [3.63, 3.8) is 0 Å². The summed E-state index contributed by atoms with van der Waals surface area (Å²) in [4.78, 5) is 25.3. The van der Waals surface area contributed by atoms with Crippen LogP contribution in [0.5, 0.6) is 0 Å². The molecule has 23 heavy (non-hydrogen) atoms. The first-order valence-corrected chi connectivity index (χ1v) is 7.14. The van der Waals surface area contributed by atoms with E-state index in [1.807, 2.05) is 30.3 Å². The first-order chi connectivity index (χ1) is 11.1. The van der Waals surface area contributed by atoms with Crippen LogP contribution in [-0.4, -0.2) is 23.5 Å². The van der Waals surface area contributed by atoms with E-state index in [0.717, 1.165) is 10.5 Å². The van der Waals surface area contributed by atoms with E-state index in [2.05, 4.69) is 0 Å². The summed E-state index contributed by atoms with van der Waals surface area (Å²) in [6, 6.07) is 14.5. The third kappa shape index (κ3) is 3.29. The van der Waals surface area contributed by atoms with Crippen LogP contribution >= 0.6 is 0 Å². The zero-order valence-electron chi connectivity index (χ0n) is 12.2. The zero-order chi connectivity index (χ0) is 16.2. The quantitative estimate of drug-likeness (QED) is 0.814. The molecule has 1 unspecified atom stereocenters. The monoisotopic (exact) mass is 311 g/mol. The van der Waals surface area contributed by atoms with Crippen LogP contribution < -0.4 is 0 Å². The van der Waals surface area contributed by atoms with Gasteiger partial charge in [-0.1, -0.05) is 42.5 Å². The number of nitrogens with zero attached hydrogens (tertiary/aromatic N) is 1. The molecule has 3 rings (SSSR count). The summed E-state index contributed by atoms with van der Waals surface area (Å²) in [5, 5.41) is 0. The van der Waals surface area contributed by atoms with Gasteiger partial charge in [-0.2, -0.15) is 0 Å². The highest BCUT2D eigenvalue weighted by molar-refractivity contribution is 6.02. The second-order valence-corrected chi connectivity index (χ2v) is 5.10. The summed E-state index contributed by atoms with van der Waals surface area (Å²) in [5.41, 5.74) is 1.51. The van der Waals surface area contributed by atoms with Crippen molar-refractivity contribution in [2.75, 3.05) is 6.61 Å². The van der Waals surface area contributed by atoms with E-state index in [4.69, 9.17) is 4.74 Å². The highest BCUT2D eigenvalue weighted by atomic mass is 19.1. The van der Waals surface area contributed by atoms with Gasteiger partial charge in [-0.05, 0) is 29.3 Å². The van der Waals surface area contributed by atoms with Gasteiger partial charge in [0.1, 0.15) is 18.5 Å². The number of hydrogen-bond acceptors (Lipinski definition) is 3. The standard InChI is InChI=1S/C18H14FNO3/c19-15-9-6-13(7-10-15)8-11-17(21)20-16(12-23-18(20)22)14-4-2-1-3-5-14/h1-11,16H,12H2/b11-8+. The van der Waals surface area contributed by atoms with E-state index in [9.17, 15) is 14.0 Å². The van der Waals surface area contributed by atoms with Crippen LogP contribution in [0.4, 0.5) is 9.18 Å². The van der Waals surface area contributed by atoms with E-state index in [1.54, 1.807) is 12.1 Å². The predicted molar refractivity (Wildman–Crippen MR) is 82.8 cm³/mol. The molecule has 0 aliphatic carbocycles. The molecule has 0 radical (unpaired) electrons. The molecule has 0 spiro atoms. The first-order valence-electron chi connectivity index (χ1n) is 7.14. The van der Waals surface area contributed by atoms with Gasteiger partial charge in [0.25, 0.3) is 5.91 Å². The van der Waals surface area contributed by atoms with E-state index < -0.39 is 18.0 Å². The van der Waals surface area contributed by atoms with Gasteiger partial charge in [0.2, 0.25) is 0 Å². The number of ether oxygens (including phenoxy) is 1. The number of hydrogen-bond donors (Lipinski definition) is 0. The van der Waals surface area contributed by atoms with E-state index >= 15 is 0 Å². The minimum atomic E-state index is -0.660. The van der Waals surface area contributed by atoms with Crippen LogP contribution in [0.25, 0.3) is 6.08 Å². The summed E-state index contributed by atoms with van der Waals surface area (Å²) < 4.78 is 17.9. The largest absolute Gasteiger partial charge is 0.446 e. The molecule has 2 amide bonds. The molecule has 1 atom stereocenters. The molecule has 1 heterocycles. The van der Waals surface area contributed by atoms with Gasteiger partial charge in [0, 0.05) is 6.08 Å². The van der Waals surface area contributed by atoms with Gasteiger partial charge < -0.3 is 4.74 Å². The molecule has 1 aliphatic rings. The van der Waals surface area contributed by atoms with Crippen molar-refractivity contribution in [3.05, 3.63) is 77.6 Å². The molecule has 0 saturated carbocycles. The van der Waals surface area contributed by atoms with Crippen molar-refractivity contribution in [1.29, 1.82) is 0 Å². The minimum Gasteiger partial charge on any atom is -0.446 e. The molecule has 1 saturated heterocycles. The minimum absolute atomic E-state index is 0.138. The van der Waals surface area contributed by atoms with Crippen LogP contribution in [-0.2, 0) is 9.53 Å². The molecule has 0 N–H and O–H groups in total. The Labute approximate surface area is 132 Å². The van der Waals surface area contributed by atoms with Gasteiger partial charge in [-0.3, -0.25) is 4.79 Å². The summed E-state index contributed by atoms with van der Waals surface area (Å²) in [6.45, 7) is 0.138. The maximum atomic E-state index is 12.9. The third-order valence-electron chi connectivity index (χ3n) is 3.58. The highest BCUT2D eigenvalue weighted by Crippen LogP contribution is 2.27. The third-order valence-corrected chi connectivity index (χ3v) is 3.58. The Balaban J connectivity index is 1.79. The van der Waals surface area contributed by atoms with Crippen molar-refractivity contribution in [1.82, 2.24) is 4.90 Å². The number of imide groups is 1. The van der Waals surface area contributed by atoms with Gasteiger partial charge in [0.15, 0.2) is 0 Å². The van der Waals surface area contributed by atoms with Crippen molar-refractivity contribution >= 4 is 18.1 Å². The van der Waals surface area contributed by atoms with Gasteiger partial charge in [0.05, 0.1) is 0 Å².